The Labute approximate surface area is 78.7 Å². The van der Waals surface area contributed by atoms with Crippen molar-refractivity contribution in [3.05, 3.63) is 0 Å². The van der Waals surface area contributed by atoms with Gasteiger partial charge in [-0.3, -0.25) is 0 Å². The van der Waals surface area contributed by atoms with Crippen molar-refractivity contribution in [3.8, 4) is 0 Å². The SMILES string of the molecule is CCC[CH2][Mg][CH2]C.[Mg]. The summed E-state index contributed by atoms with van der Waals surface area (Å²) in [6.45, 7) is 4.58. The van der Waals surface area contributed by atoms with E-state index < -0.39 is 0 Å². The Morgan fingerprint density at radius 2 is 1.88 bits per heavy atom. The molecule has 0 fully saturated rings. The van der Waals surface area contributed by atoms with Crippen LogP contribution in [-0.4, -0.2) is 43.4 Å². The zero-order chi connectivity index (χ0) is 5.54. The standard InChI is InChI=1S/C4H9.C2H5.2Mg/c1-3-4-2;1-2;;/h1,3-4H2,2H3;1H2,2H3;;. The van der Waals surface area contributed by atoms with E-state index in [0.717, 1.165) is 0 Å². The number of unbranched alkanes of at least 4 members (excludes halogenated alkanes) is 1. The van der Waals surface area contributed by atoms with Crippen LogP contribution in [0.25, 0.3) is 0 Å². The topological polar surface area (TPSA) is 0 Å². The minimum atomic E-state index is 0. The summed E-state index contributed by atoms with van der Waals surface area (Å²) < 4.78 is 3.08. The highest BCUT2D eigenvalue weighted by atomic mass is 24.5. The maximum atomic E-state index is 2.31. The van der Waals surface area contributed by atoms with Gasteiger partial charge in [-0.15, -0.1) is 9.10 Å². The first-order chi connectivity index (χ1) is 3.41. The van der Waals surface area contributed by atoms with E-state index in [9.17, 15) is 0 Å². The lowest BCUT2D eigenvalue weighted by molar-refractivity contribution is 0.877. The minimum absolute atomic E-state index is 0. The molecule has 0 aromatic carbocycles. The molecule has 0 nitrogen and oxygen atoms in total. The van der Waals surface area contributed by atoms with Gasteiger partial charge in [-0.2, -0.15) is 0 Å². The summed E-state index contributed by atoms with van der Waals surface area (Å²) in [4.78, 5) is 0. The third kappa shape index (κ3) is 10.5. The van der Waals surface area contributed by atoms with Gasteiger partial charge >= 0.3 is 20.4 Å². The van der Waals surface area contributed by atoms with Gasteiger partial charge in [0.2, 0.25) is 0 Å². The maximum absolute atomic E-state index is 2.31. The fraction of sp³-hybridized carbons (Fsp3) is 1.00. The summed E-state index contributed by atoms with van der Waals surface area (Å²) in [5.41, 5.74) is 0. The average molecular weight is 135 g/mol. The molecular formula is C6H14Mg2. The van der Waals surface area contributed by atoms with E-state index in [1.807, 2.05) is 0 Å². The molecule has 0 aromatic rings. The third-order valence-electron chi connectivity index (χ3n) is 1.21. The highest BCUT2D eigenvalue weighted by Crippen LogP contribution is 1.94. The summed E-state index contributed by atoms with van der Waals surface area (Å²) in [6.07, 6.45) is 2.88. The van der Waals surface area contributed by atoms with Crippen molar-refractivity contribution >= 4 is 43.4 Å². The van der Waals surface area contributed by atoms with Crippen LogP contribution in [0.2, 0.25) is 9.10 Å². The number of rotatable bonds is 4. The van der Waals surface area contributed by atoms with Crippen molar-refractivity contribution in [2.45, 2.75) is 35.8 Å². The highest BCUT2D eigenvalue weighted by Gasteiger charge is 1.87. The van der Waals surface area contributed by atoms with Crippen LogP contribution in [-0.2, 0) is 0 Å². The Bertz CT molecular complexity index is 25.7. The molecule has 2 heteroatoms. The predicted molar refractivity (Wildman–Crippen MR) is 41.7 cm³/mol. The van der Waals surface area contributed by atoms with E-state index in [2.05, 4.69) is 13.8 Å². The van der Waals surface area contributed by atoms with Gasteiger partial charge in [0.05, 0.1) is 0 Å². The second kappa shape index (κ2) is 11.3. The van der Waals surface area contributed by atoms with E-state index in [1.165, 1.54) is 17.4 Å². The van der Waals surface area contributed by atoms with Crippen LogP contribution in [0.1, 0.15) is 26.7 Å². The van der Waals surface area contributed by atoms with Gasteiger partial charge in [0.1, 0.15) is 0 Å². The summed E-state index contributed by atoms with van der Waals surface area (Å²) in [5, 5.41) is 0. The first-order valence-corrected chi connectivity index (χ1v) is 5.41. The fourth-order valence-corrected chi connectivity index (χ4v) is 2.03. The Morgan fingerprint density at radius 1 is 1.25 bits per heavy atom. The molecule has 0 atom stereocenters. The molecule has 0 N–H and O–H groups in total. The molecule has 0 aromatic heterocycles. The van der Waals surface area contributed by atoms with Crippen molar-refractivity contribution < 1.29 is 0 Å². The zero-order valence-electron chi connectivity index (χ0n) is 6.24. The molecule has 0 aliphatic rings. The third-order valence-corrected chi connectivity index (χ3v) is 2.91. The lowest BCUT2D eigenvalue weighted by Crippen LogP contribution is -1.82. The minimum Gasteiger partial charge on any atom is -0.149 e. The van der Waals surface area contributed by atoms with Gasteiger partial charge in [-0.25, -0.2) is 0 Å². The van der Waals surface area contributed by atoms with Gasteiger partial charge in [0.25, 0.3) is 0 Å². The number of hydrogen-bond donors (Lipinski definition) is 0. The van der Waals surface area contributed by atoms with Crippen molar-refractivity contribution in [2.75, 3.05) is 0 Å². The zero-order valence-corrected chi connectivity index (χ0v) is 9.07. The van der Waals surface area contributed by atoms with Crippen molar-refractivity contribution in [1.82, 2.24) is 0 Å². The summed E-state index contributed by atoms with van der Waals surface area (Å²) in [7, 11) is 0. The van der Waals surface area contributed by atoms with Crippen LogP contribution in [0, 0.1) is 0 Å². The monoisotopic (exact) mass is 134 g/mol. The largest absolute Gasteiger partial charge is 0.363 e. The van der Waals surface area contributed by atoms with Crippen molar-refractivity contribution in [1.29, 1.82) is 0 Å². The van der Waals surface area contributed by atoms with Crippen LogP contribution < -0.4 is 0 Å². The van der Waals surface area contributed by atoms with E-state index >= 15 is 0 Å². The molecule has 8 heavy (non-hydrogen) atoms. The van der Waals surface area contributed by atoms with Crippen LogP contribution in [0.3, 0.4) is 0 Å². The molecular weight excluding hydrogens is 121 g/mol. The van der Waals surface area contributed by atoms with Crippen molar-refractivity contribution in [2.24, 2.45) is 0 Å². The molecule has 0 saturated heterocycles. The van der Waals surface area contributed by atoms with Crippen molar-refractivity contribution in [3.63, 3.8) is 0 Å². The summed E-state index contributed by atoms with van der Waals surface area (Å²) in [6, 6.07) is 0. The van der Waals surface area contributed by atoms with E-state index in [1.54, 1.807) is 4.55 Å². The predicted octanol–water partition coefficient (Wildman–Crippen LogP) is 1.97. The Morgan fingerprint density at radius 3 is 2.25 bits per heavy atom. The quantitative estimate of drug-likeness (QED) is 0.408. The second-order valence-corrected chi connectivity index (χ2v) is 4.47. The lowest BCUT2D eigenvalue weighted by Gasteiger charge is -1.87. The Kier molecular flexibility index (Phi) is 17.3. The molecule has 0 aliphatic carbocycles. The second-order valence-electron chi connectivity index (χ2n) is 2.06. The molecule has 0 rings (SSSR count). The molecule has 0 aliphatic heterocycles. The molecule has 2 radical (unpaired) electrons. The fourth-order valence-electron chi connectivity index (χ4n) is 0.677. The first kappa shape index (κ1) is 12.2. The van der Waals surface area contributed by atoms with Crippen LogP contribution >= 0.6 is 0 Å². The summed E-state index contributed by atoms with van der Waals surface area (Å²) >= 11 is 0.411. The molecule has 0 unspecified atom stereocenters. The van der Waals surface area contributed by atoms with Gasteiger partial charge in [-0.1, -0.05) is 26.7 Å². The van der Waals surface area contributed by atoms with Gasteiger partial charge in [0.15, 0.2) is 0 Å². The van der Waals surface area contributed by atoms with E-state index in [-0.39, 0.29) is 23.1 Å². The van der Waals surface area contributed by atoms with Gasteiger partial charge in [-0.05, 0) is 0 Å². The molecule has 42 valence electrons. The van der Waals surface area contributed by atoms with Gasteiger partial charge in [0, 0.05) is 23.1 Å². The molecule has 0 amide bonds. The van der Waals surface area contributed by atoms with E-state index in [4.69, 9.17) is 0 Å². The maximum Gasteiger partial charge on any atom is 0.363 e. The average Bonchev–Trinajstić information content (AvgIpc) is 1.69. The molecule has 0 spiro atoms. The van der Waals surface area contributed by atoms with Crippen LogP contribution in [0.5, 0.6) is 0 Å². The smallest absolute Gasteiger partial charge is 0.149 e. The molecule has 0 heterocycles. The molecule has 0 bridgehead atoms. The van der Waals surface area contributed by atoms with Gasteiger partial charge < -0.3 is 0 Å². The highest BCUT2D eigenvalue weighted by molar-refractivity contribution is 6.35. The van der Waals surface area contributed by atoms with E-state index in [0.29, 0.717) is 20.4 Å². The first-order valence-electron chi connectivity index (χ1n) is 3.41. The normalized spacial score (nSPS) is 7.25. The Hall–Kier alpha value is 1.53. The summed E-state index contributed by atoms with van der Waals surface area (Å²) in [5.74, 6) is 0. The molecule has 0 saturated carbocycles. The number of hydrogen-bond acceptors (Lipinski definition) is 0. The van der Waals surface area contributed by atoms with Crippen LogP contribution in [0.15, 0.2) is 0 Å². The Balaban J connectivity index is 0. The van der Waals surface area contributed by atoms with Crippen LogP contribution in [0.4, 0.5) is 0 Å². The lowest BCUT2D eigenvalue weighted by atomic mass is 10.4.